The number of rotatable bonds is 7. The molecule has 204 valence electrons. The van der Waals surface area contributed by atoms with Gasteiger partial charge in [0.1, 0.15) is 5.56 Å². The molecule has 2 aliphatic rings. The lowest BCUT2D eigenvalue weighted by molar-refractivity contribution is -0.385. The molecule has 4 rings (SSSR count). The van der Waals surface area contributed by atoms with E-state index in [-0.39, 0.29) is 28.8 Å². The van der Waals surface area contributed by atoms with Crippen LogP contribution in [0.3, 0.4) is 0 Å². The largest absolute Gasteiger partial charge is 0.573 e. The number of carbonyl (C=O) groups excluding carboxylic acids is 2. The van der Waals surface area contributed by atoms with Crippen LogP contribution in [0.15, 0.2) is 40.9 Å². The predicted octanol–water partition coefficient (Wildman–Crippen LogP) is 4.80. The lowest BCUT2D eigenvalue weighted by Gasteiger charge is -2.43. The number of likely N-dealkylation sites (tertiary alicyclic amines) is 1. The molecule has 2 aromatic rings. The number of alkyl halides is 3. The molecule has 3 atom stereocenters. The summed E-state index contributed by atoms with van der Waals surface area (Å²) in [7, 11) is 0. The van der Waals surface area contributed by atoms with Gasteiger partial charge in [0.05, 0.1) is 29.9 Å². The van der Waals surface area contributed by atoms with Gasteiger partial charge >= 0.3 is 6.36 Å². The van der Waals surface area contributed by atoms with Crippen molar-refractivity contribution in [1.82, 2.24) is 4.90 Å². The number of fused-ring (bicyclic) bond motifs is 2. The van der Waals surface area contributed by atoms with Crippen molar-refractivity contribution in [3.05, 3.63) is 56.5 Å². The van der Waals surface area contributed by atoms with Gasteiger partial charge in [0.2, 0.25) is 5.91 Å². The normalized spacial score (nSPS) is 20.3. The highest BCUT2D eigenvalue weighted by molar-refractivity contribution is 9.10. The van der Waals surface area contributed by atoms with E-state index in [2.05, 4.69) is 31.3 Å². The van der Waals surface area contributed by atoms with Gasteiger partial charge in [-0.25, -0.2) is 0 Å². The molecule has 2 bridgehead atoms. The van der Waals surface area contributed by atoms with Crippen LogP contribution in [0, 0.1) is 22.0 Å². The molecular weight excluding hydrogens is 577 g/mol. The third kappa shape index (κ3) is 6.79. The van der Waals surface area contributed by atoms with Gasteiger partial charge in [0.15, 0.2) is 5.75 Å². The second-order valence-electron chi connectivity index (χ2n) is 9.26. The lowest BCUT2D eigenvalue weighted by atomic mass is 9.87. The van der Waals surface area contributed by atoms with Gasteiger partial charge < -0.3 is 20.1 Å². The van der Waals surface area contributed by atoms with Gasteiger partial charge in [-0.1, -0.05) is 15.9 Å². The minimum Gasteiger partial charge on any atom is -0.404 e. The summed E-state index contributed by atoms with van der Waals surface area (Å²) in [5.74, 6) is -1.52. The number of nitro groups is 1. The van der Waals surface area contributed by atoms with Crippen LogP contribution in [-0.4, -0.2) is 60.3 Å². The van der Waals surface area contributed by atoms with Gasteiger partial charge in [0.25, 0.3) is 11.6 Å². The molecule has 2 fully saturated rings. The number of amides is 2. The number of carbonyl (C=O) groups is 2. The zero-order valence-electron chi connectivity index (χ0n) is 20.1. The van der Waals surface area contributed by atoms with Gasteiger partial charge in [-0.3, -0.25) is 24.6 Å². The standard InChI is InChI=1S/C24H24BrF3N4O6/c1-13(31-9-14-6-15(10-31)12-37-11-14)22(33)30-19-8-17(3-5-21(19)38-24(26,27)28)29-23(34)18-4-2-16(25)7-20(18)32(35)36/h2-5,7-8,13-15H,6,9-12H2,1H3,(H,29,34)(H,30,33). The van der Waals surface area contributed by atoms with Crippen molar-refractivity contribution >= 4 is 44.8 Å². The van der Waals surface area contributed by atoms with E-state index >= 15 is 0 Å². The number of ether oxygens (including phenoxy) is 2. The molecule has 2 N–H and O–H groups in total. The number of nitrogens with zero attached hydrogens (tertiary/aromatic N) is 2. The maximum Gasteiger partial charge on any atom is 0.573 e. The molecule has 2 saturated heterocycles. The van der Waals surface area contributed by atoms with Crippen molar-refractivity contribution in [3.63, 3.8) is 0 Å². The molecule has 0 saturated carbocycles. The van der Waals surface area contributed by atoms with E-state index in [1.54, 1.807) is 6.92 Å². The van der Waals surface area contributed by atoms with Crippen LogP contribution in [-0.2, 0) is 9.53 Å². The Morgan fingerprint density at radius 3 is 2.47 bits per heavy atom. The first-order valence-corrected chi connectivity index (χ1v) is 12.5. The number of nitro benzene ring substituents is 1. The van der Waals surface area contributed by atoms with Crippen molar-refractivity contribution in [2.45, 2.75) is 25.7 Å². The summed E-state index contributed by atoms with van der Waals surface area (Å²) in [6, 6.07) is 6.37. The van der Waals surface area contributed by atoms with E-state index in [1.807, 2.05) is 4.90 Å². The predicted molar refractivity (Wildman–Crippen MR) is 134 cm³/mol. The molecule has 0 radical (unpaired) electrons. The second kappa shape index (κ2) is 11.3. The van der Waals surface area contributed by atoms with Gasteiger partial charge in [-0.15, -0.1) is 13.2 Å². The van der Waals surface area contributed by atoms with Crippen molar-refractivity contribution in [2.24, 2.45) is 11.8 Å². The highest BCUT2D eigenvalue weighted by Gasteiger charge is 2.36. The zero-order chi connectivity index (χ0) is 27.6. The Morgan fingerprint density at radius 2 is 1.84 bits per heavy atom. The molecule has 0 aliphatic carbocycles. The van der Waals surface area contributed by atoms with E-state index in [0.717, 1.165) is 30.7 Å². The summed E-state index contributed by atoms with van der Waals surface area (Å²) in [5.41, 5.74) is -1.04. The number of anilines is 2. The Hall–Kier alpha value is -3.23. The van der Waals surface area contributed by atoms with Crippen LogP contribution in [0.1, 0.15) is 23.7 Å². The Kier molecular flexibility index (Phi) is 8.23. The molecule has 2 aliphatic heterocycles. The third-order valence-corrected chi connectivity index (χ3v) is 6.90. The summed E-state index contributed by atoms with van der Waals surface area (Å²) in [5, 5.41) is 16.3. The topological polar surface area (TPSA) is 123 Å². The lowest BCUT2D eigenvalue weighted by Crippen LogP contribution is -2.53. The van der Waals surface area contributed by atoms with E-state index in [9.17, 15) is 32.9 Å². The molecular formula is C24H24BrF3N4O6. The minimum absolute atomic E-state index is 0.00523. The number of hydrogen-bond acceptors (Lipinski definition) is 7. The van der Waals surface area contributed by atoms with Crippen LogP contribution < -0.4 is 15.4 Å². The Bertz CT molecular complexity index is 1230. The van der Waals surface area contributed by atoms with Gasteiger partial charge in [-0.2, -0.15) is 0 Å². The fourth-order valence-electron chi connectivity index (χ4n) is 4.69. The highest BCUT2D eigenvalue weighted by atomic mass is 79.9. The van der Waals surface area contributed by atoms with Crippen LogP contribution in [0.4, 0.5) is 30.2 Å². The third-order valence-electron chi connectivity index (χ3n) is 6.41. The molecule has 38 heavy (non-hydrogen) atoms. The Labute approximate surface area is 223 Å². The molecule has 0 aromatic heterocycles. The number of benzene rings is 2. The number of nitrogens with one attached hydrogen (secondary N) is 2. The first-order chi connectivity index (χ1) is 17.9. The van der Waals surface area contributed by atoms with E-state index in [0.29, 0.717) is 30.8 Å². The second-order valence-corrected chi connectivity index (χ2v) is 10.2. The van der Waals surface area contributed by atoms with Crippen LogP contribution in [0.5, 0.6) is 5.75 Å². The molecule has 2 aromatic carbocycles. The number of piperidine rings is 1. The van der Waals surface area contributed by atoms with Crippen molar-refractivity contribution in [1.29, 1.82) is 0 Å². The first-order valence-electron chi connectivity index (χ1n) is 11.7. The fraction of sp³-hybridized carbons (Fsp3) is 0.417. The summed E-state index contributed by atoms with van der Waals surface area (Å²) >= 11 is 3.11. The van der Waals surface area contributed by atoms with E-state index < -0.39 is 40.6 Å². The smallest absolute Gasteiger partial charge is 0.404 e. The summed E-state index contributed by atoms with van der Waals surface area (Å²) < 4.78 is 49.1. The Balaban J connectivity index is 1.55. The first kappa shape index (κ1) is 27.8. The summed E-state index contributed by atoms with van der Waals surface area (Å²) in [6.07, 6.45) is -4.02. The fourth-order valence-corrected chi connectivity index (χ4v) is 5.03. The monoisotopic (exact) mass is 600 g/mol. The van der Waals surface area contributed by atoms with E-state index in [1.165, 1.54) is 12.1 Å². The summed E-state index contributed by atoms with van der Waals surface area (Å²) in [6.45, 7) is 4.12. The average Bonchev–Trinajstić information content (AvgIpc) is 2.83. The molecule has 2 heterocycles. The zero-order valence-corrected chi connectivity index (χ0v) is 21.7. The molecule has 14 heteroatoms. The van der Waals surface area contributed by atoms with E-state index in [4.69, 9.17) is 4.74 Å². The Morgan fingerprint density at radius 1 is 1.16 bits per heavy atom. The van der Waals surface area contributed by atoms with Crippen LogP contribution >= 0.6 is 15.9 Å². The molecule has 10 nitrogen and oxygen atoms in total. The highest BCUT2D eigenvalue weighted by Crippen LogP contribution is 2.34. The van der Waals surface area contributed by atoms with Crippen molar-refractivity contribution in [3.8, 4) is 5.75 Å². The van der Waals surface area contributed by atoms with Crippen LogP contribution in [0.2, 0.25) is 0 Å². The quantitative estimate of drug-likeness (QED) is 0.345. The van der Waals surface area contributed by atoms with Crippen molar-refractivity contribution < 1.29 is 37.2 Å². The summed E-state index contributed by atoms with van der Waals surface area (Å²) in [4.78, 5) is 38.4. The molecule has 3 unspecified atom stereocenters. The van der Waals surface area contributed by atoms with Gasteiger partial charge in [0, 0.05) is 29.3 Å². The average molecular weight is 601 g/mol. The maximum atomic E-state index is 13.1. The van der Waals surface area contributed by atoms with Crippen molar-refractivity contribution in [2.75, 3.05) is 36.9 Å². The SMILES string of the molecule is CC(C(=O)Nc1cc(NC(=O)c2ccc(Br)cc2[N+](=O)[O-])ccc1OC(F)(F)F)N1CC2COCC(C2)C1. The van der Waals surface area contributed by atoms with Gasteiger partial charge in [-0.05, 0) is 55.5 Å². The number of halogens is 4. The number of hydrogen-bond donors (Lipinski definition) is 2. The molecule has 0 spiro atoms. The van der Waals surface area contributed by atoms with Crippen LogP contribution in [0.25, 0.3) is 0 Å². The maximum absolute atomic E-state index is 13.1. The minimum atomic E-state index is -5.03. The molecule has 2 amide bonds.